The van der Waals surface area contributed by atoms with Crippen LogP contribution in [0.3, 0.4) is 0 Å². The summed E-state index contributed by atoms with van der Waals surface area (Å²) in [4.78, 5) is 0.544. The fraction of sp³-hybridized carbons (Fsp3) is 0.455. The molecule has 0 bridgehead atoms. The molecule has 0 heterocycles. The van der Waals surface area contributed by atoms with Crippen molar-refractivity contribution < 1.29 is 8.60 Å². The molecule has 1 unspecified atom stereocenters. The Bertz CT molecular complexity index is 371. The average Bonchev–Trinajstić information content (AvgIpc) is 2.24. The highest BCUT2D eigenvalue weighted by molar-refractivity contribution is 7.99. The summed E-state index contributed by atoms with van der Waals surface area (Å²) < 4.78 is 24.6. The molecular formula is C11H16FNOS2. The molecule has 1 aromatic carbocycles. The molecule has 0 radical (unpaired) electrons. The van der Waals surface area contributed by atoms with Gasteiger partial charge >= 0.3 is 0 Å². The summed E-state index contributed by atoms with van der Waals surface area (Å²) in [7, 11) is -1.11. The monoisotopic (exact) mass is 261 g/mol. The standard InChI is InChI=1S/C11H16FNOS2/c1-2-15-6-3-7-16(14)11-5-4-9(12)8-10(11)13/h4-5,8H,2-3,6-7,13H2,1H3. The predicted molar refractivity (Wildman–Crippen MR) is 69.7 cm³/mol. The lowest BCUT2D eigenvalue weighted by atomic mass is 10.3. The van der Waals surface area contributed by atoms with E-state index in [1.165, 1.54) is 18.2 Å². The smallest absolute Gasteiger partial charge is 0.125 e. The van der Waals surface area contributed by atoms with Crippen molar-refractivity contribution in [1.82, 2.24) is 0 Å². The number of hydrogen-bond acceptors (Lipinski definition) is 3. The van der Waals surface area contributed by atoms with Gasteiger partial charge in [0.05, 0.1) is 21.4 Å². The molecule has 0 saturated heterocycles. The second kappa shape index (κ2) is 6.91. The molecule has 5 heteroatoms. The van der Waals surface area contributed by atoms with Crippen LogP contribution in [-0.4, -0.2) is 21.5 Å². The molecule has 0 aliphatic rings. The van der Waals surface area contributed by atoms with E-state index in [1.807, 2.05) is 11.8 Å². The Morgan fingerprint density at radius 3 is 2.88 bits per heavy atom. The SMILES string of the molecule is CCSCCCS(=O)c1ccc(F)cc1N. The third-order valence-corrected chi connectivity index (χ3v) is 4.55. The Kier molecular flexibility index (Phi) is 5.84. The van der Waals surface area contributed by atoms with Gasteiger partial charge in [0.15, 0.2) is 0 Å². The zero-order valence-electron chi connectivity index (χ0n) is 9.24. The fourth-order valence-electron chi connectivity index (χ4n) is 1.27. The van der Waals surface area contributed by atoms with Gasteiger partial charge in [-0.05, 0) is 36.1 Å². The van der Waals surface area contributed by atoms with Gasteiger partial charge in [0.1, 0.15) is 5.82 Å². The summed E-state index contributed by atoms with van der Waals surface area (Å²) >= 11 is 1.83. The number of thioether (sulfide) groups is 1. The topological polar surface area (TPSA) is 43.1 Å². The van der Waals surface area contributed by atoms with Crippen LogP contribution in [0.2, 0.25) is 0 Å². The number of nitrogen functional groups attached to an aromatic ring is 1. The van der Waals surface area contributed by atoms with Crippen LogP contribution < -0.4 is 5.73 Å². The second-order valence-electron chi connectivity index (χ2n) is 3.28. The Hall–Kier alpha value is -0.550. The van der Waals surface area contributed by atoms with Crippen molar-refractivity contribution in [2.24, 2.45) is 0 Å². The van der Waals surface area contributed by atoms with Gasteiger partial charge in [-0.1, -0.05) is 6.92 Å². The lowest BCUT2D eigenvalue weighted by Gasteiger charge is -2.05. The van der Waals surface area contributed by atoms with E-state index in [0.717, 1.165) is 17.9 Å². The molecule has 0 aromatic heterocycles. The summed E-state index contributed by atoms with van der Waals surface area (Å²) in [6, 6.07) is 4.02. The van der Waals surface area contributed by atoms with Crippen LogP contribution in [0, 0.1) is 5.82 Å². The van der Waals surface area contributed by atoms with Gasteiger partial charge < -0.3 is 5.73 Å². The van der Waals surface area contributed by atoms with E-state index in [9.17, 15) is 8.60 Å². The summed E-state index contributed by atoms with van der Waals surface area (Å²) in [5, 5.41) is 0. The first-order chi connectivity index (χ1) is 7.65. The minimum Gasteiger partial charge on any atom is -0.398 e. The largest absolute Gasteiger partial charge is 0.398 e. The van der Waals surface area contributed by atoms with Crippen molar-refractivity contribution in [2.45, 2.75) is 18.2 Å². The molecule has 2 N–H and O–H groups in total. The highest BCUT2D eigenvalue weighted by atomic mass is 32.2. The Labute approximate surface area is 102 Å². The molecule has 16 heavy (non-hydrogen) atoms. The third-order valence-electron chi connectivity index (χ3n) is 2.04. The summed E-state index contributed by atoms with van der Waals surface area (Å²) in [6.45, 7) is 2.10. The normalized spacial score (nSPS) is 12.6. The molecule has 1 rings (SSSR count). The zero-order chi connectivity index (χ0) is 12.0. The number of rotatable bonds is 6. The minimum absolute atomic E-state index is 0.279. The number of hydrogen-bond donors (Lipinski definition) is 1. The van der Waals surface area contributed by atoms with Crippen LogP contribution in [0.5, 0.6) is 0 Å². The van der Waals surface area contributed by atoms with Gasteiger partial charge in [-0.2, -0.15) is 11.8 Å². The number of anilines is 1. The molecule has 90 valence electrons. The second-order valence-corrected chi connectivity index (χ2v) is 6.22. The Balaban J connectivity index is 2.53. The van der Waals surface area contributed by atoms with E-state index >= 15 is 0 Å². The molecule has 0 fully saturated rings. The van der Waals surface area contributed by atoms with Crippen molar-refractivity contribution in [2.75, 3.05) is 23.0 Å². The molecule has 0 saturated carbocycles. The molecule has 0 aliphatic heterocycles. The summed E-state index contributed by atoms with van der Waals surface area (Å²) in [5.74, 6) is 2.28. The van der Waals surface area contributed by atoms with Crippen LogP contribution >= 0.6 is 11.8 Å². The predicted octanol–water partition coefficient (Wildman–Crippen LogP) is 2.66. The van der Waals surface area contributed by atoms with Gasteiger partial charge in [-0.15, -0.1) is 0 Å². The van der Waals surface area contributed by atoms with Crippen molar-refractivity contribution in [1.29, 1.82) is 0 Å². The molecule has 1 aromatic rings. The van der Waals surface area contributed by atoms with E-state index in [4.69, 9.17) is 5.73 Å². The quantitative estimate of drug-likeness (QED) is 0.632. The molecule has 0 spiro atoms. The third kappa shape index (κ3) is 4.14. The van der Waals surface area contributed by atoms with Gasteiger partial charge in [0.2, 0.25) is 0 Å². The van der Waals surface area contributed by atoms with Gasteiger partial charge in [0.25, 0.3) is 0 Å². The maximum atomic E-state index is 12.8. The fourth-order valence-corrected chi connectivity index (χ4v) is 3.26. The average molecular weight is 261 g/mol. The van der Waals surface area contributed by atoms with Crippen LogP contribution in [0.15, 0.2) is 23.1 Å². The van der Waals surface area contributed by atoms with Crippen LogP contribution in [-0.2, 0) is 10.8 Å². The molecule has 0 amide bonds. The van der Waals surface area contributed by atoms with Crippen LogP contribution in [0.4, 0.5) is 10.1 Å². The van der Waals surface area contributed by atoms with E-state index in [1.54, 1.807) is 0 Å². The summed E-state index contributed by atoms with van der Waals surface area (Å²) in [5.41, 5.74) is 5.89. The van der Waals surface area contributed by atoms with Crippen LogP contribution in [0.25, 0.3) is 0 Å². The molecule has 1 atom stereocenters. The number of halogens is 1. The molecular weight excluding hydrogens is 245 g/mol. The van der Waals surface area contributed by atoms with E-state index < -0.39 is 10.8 Å². The maximum absolute atomic E-state index is 12.8. The minimum atomic E-state index is -1.11. The van der Waals surface area contributed by atoms with Crippen molar-refractivity contribution in [3.05, 3.63) is 24.0 Å². The van der Waals surface area contributed by atoms with Crippen molar-refractivity contribution in [3.63, 3.8) is 0 Å². The van der Waals surface area contributed by atoms with E-state index in [-0.39, 0.29) is 11.5 Å². The van der Waals surface area contributed by atoms with Gasteiger partial charge in [-0.3, -0.25) is 4.21 Å². The first-order valence-electron chi connectivity index (χ1n) is 5.16. The zero-order valence-corrected chi connectivity index (χ0v) is 10.9. The Morgan fingerprint density at radius 1 is 1.50 bits per heavy atom. The van der Waals surface area contributed by atoms with Gasteiger partial charge in [0, 0.05) is 5.75 Å². The van der Waals surface area contributed by atoms with Crippen LogP contribution in [0.1, 0.15) is 13.3 Å². The van der Waals surface area contributed by atoms with Crippen molar-refractivity contribution in [3.8, 4) is 0 Å². The highest BCUT2D eigenvalue weighted by Crippen LogP contribution is 2.18. The van der Waals surface area contributed by atoms with Crippen molar-refractivity contribution >= 4 is 28.2 Å². The maximum Gasteiger partial charge on any atom is 0.125 e. The van der Waals surface area contributed by atoms with E-state index in [0.29, 0.717) is 10.6 Å². The molecule has 0 aliphatic carbocycles. The summed E-state index contributed by atoms with van der Waals surface area (Å²) in [6.07, 6.45) is 0.891. The number of benzene rings is 1. The number of nitrogens with two attached hydrogens (primary N) is 1. The van der Waals surface area contributed by atoms with Gasteiger partial charge in [-0.25, -0.2) is 4.39 Å². The Morgan fingerprint density at radius 2 is 2.25 bits per heavy atom. The molecule has 2 nitrogen and oxygen atoms in total. The first-order valence-corrected chi connectivity index (χ1v) is 7.63. The highest BCUT2D eigenvalue weighted by Gasteiger charge is 2.08. The lowest BCUT2D eigenvalue weighted by molar-refractivity contribution is 0.627. The van der Waals surface area contributed by atoms with E-state index in [2.05, 4.69) is 6.92 Å². The first kappa shape index (κ1) is 13.5. The lowest BCUT2D eigenvalue weighted by Crippen LogP contribution is -2.03.